The fourth-order valence-corrected chi connectivity index (χ4v) is 4.13. The van der Waals surface area contributed by atoms with Gasteiger partial charge in [-0.3, -0.25) is 0 Å². The molecule has 0 spiro atoms. The fourth-order valence-electron chi connectivity index (χ4n) is 4.13. The molecule has 0 aromatic rings. The topological polar surface area (TPSA) is 60.0 Å². The molecule has 0 saturated carbocycles. The number of piperidine rings is 1. The third kappa shape index (κ3) is 5.44. The van der Waals surface area contributed by atoms with Crippen molar-refractivity contribution in [3.63, 3.8) is 0 Å². The molecule has 3 rings (SSSR count). The van der Waals surface area contributed by atoms with Crippen LogP contribution < -0.4 is 5.32 Å². The van der Waals surface area contributed by atoms with E-state index in [1.54, 1.807) is 0 Å². The molecule has 3 unspecified atom stereocenters. The van der Waals surface area contributed by atoms with E-state index >= 15 is 0 Å². The first-order valence-corrected chi connectivity index (χ1v) is 10.2. The van der Waals surface area contributed by atoms with Crippen LogP contribution in [0.5, 0.6) is 0 Å². The first kappa shape index (κ1) is 19.6. The Morgan fingerprint density at radius 1 is 1.15 bits per heavy atom. The van der Waals surface area contributed by atoms with E-state index < -0.39 is 0 Å². The Morgan fingerprint density at radius 2 is 1.96 bits per heavy atom. The summed E-state index contributed by atoms with van der Waals surface area (Å²) in [5.74, 6) is 0.341. The minimum Gasteiger partial charge on any atom is -0.376 e. The number of rotatable bonds is 6. The molecule has 6 heteroatoms. The normalized spacial score (nSPS) is 30.3. The highest BCUT2D eigenvalue weighted by Crippen LogP contribution is 2.25. The van der Waals surface area contributed by atoms with E-state index in [0.717, 1.165) is 57.6 Å². The van der Waals surface area contributed by atoms with Crippen LogP contribution in [0.2, 0.25) is 0 Å². The summed E-state index contributed by atoms with van der Waals surface area (Å²) in [6.45, 7) is 10.5. The van der Waals surface area contributed by atoms with Crippen LogP contribution in [-0.2, 0) is 14.2 Å². The Morgan fingerprint density at radius 3 is 2.65 bits per heavy atom. The average molecular weight is 367 g/mol. The summed E-state index contributed by atoms with van der Waals surface area (Å²) in [5, 5.41) is 3.08. The second kappa shape index (κ2) is 9.72. The van der Waals surface area contributed by atoms with E-state index in [2.05, 4.69) is 11.9 Å². The monoisotopic (exact) mass is 366 g/mol. The van der Waals surface area contributed by atoms with E-state index in [9.17, 15) is 4.79 Å². The van der Waals surface area contributed by atoms with E-state index in [-0.39, 0.29) is 24.3 Å². The van der Waals surface area contributed by atoms with Crippen LogP contribution in [0, 0.1) is 5.92 Å². The number of hydrogen-bond acceptors (Lipinski definition) is 4. The summed E-state index contributed by atoms with van der Waals surface area (Å²) < 4.78 is 17.4. The number of ether oxygens (including phenoxy) is 3. The first-order valence-electron chi connectivity index (χ1n) is 10.2. The van der Waals surface area contributed by atoms with Crippen LogP contribution in [0.4, 0.5) is 4.79 Å². The van der Waals surface area contributed by atoms with Gasteiger partial charge in [-0.25, -0.2) is 4.79 Å². The molecule has 3 aliphatic rings. The number of nitrogens with one attached hydrogen (secondary N) is 1. The van der Waals surface area contributed by atoms with Gasteiger partial charge in [-0.05, 0) is 45.4 Å². The summed E-state index contributed by atoms with van der Waals surface area (Å²) >= 11 is 0. The number of likely N-dealkylation sites (tertiary alicyclic amines) is 1. The number of amides is 2. The second-order valence-electron chi connectivity index (χ2n) is 7.88. The molecular weight excluding hydrogens is 332 g/mol. The standard InChI is InChI=1S/C20H34N2O4/c1-15(2)19-16(8-12-25-19)13-21-20(23)22-9-6-17(7-10-22)26-14-18-5-3-4-11-24-18/h16-19H,1,3-14H2,2H3,(H,21,23). The summed E-state index contributed by atoms with van der Waals surface area (Å²) in [5.41, 5.74) is 1.04. The zero-order valence-electron chi connectivity index (χ0n) is 16.1. The summed E-state index contributed by atoms with van der Waals surface area (Å²) in [6.07, 6.45) is 6.91. The third-order valence-electron chi connectivity index (χ3n) is 5.74. The maximum atomic E-state index is 12.4. The summed E-state index contributed by atoms with van der Waals surface area (Å²) in [6, 6.07) is 0.0337. The van der Waals surface area contributed by atoms with Gasteiger partial charge in [0.15, 0.2) is 0 Å². The van der Waals surface area contributed by atoms with Gasteiger partial charge in [0.1, 0.15) is 0 Å². The molecule has 0 aromatic heterocycles. The van der Waals surface area contributed by atoms with Gasteiger partial charge in [0.2, 0.25) is 0 Å². The van der Waals surface area contributed by atoms with Gasteiger partial charge in [-0.15, -0.1) is 0 Å². The van der Waals surface area contributed by atoms with Crippen LogP contribution in [0.1, 0.15) is 45.4 Å². The van der Waals surface area contributed by atoms with Crippen molar-refractivity contribution in [3.05, 3.63) is 12.2 Å². The fraction of sp³-hybridized carbons (Fsp3) is 0.850. The lowest BCUT2D eigenvalue weighted by Crippen LogP contribution is -2.47. The number of carbonyl (C=O) groups excluding carboxylic acids is 1. The molecule has 0 aliphatic carbocycles. The first-order chi connectivity index (χ1) is 12.6. The molecule has 6 nitrogen and oxygen atoms in total. The summed E-state index contributed by atoms with van der Waals surface area (Å²) in [7, 11) is 0. The van der Waals surface area contributed by atoms with Crippen LogP contribution >= 0.6 is 0 Å². The molecule has 1 N–H and O–H groups in total. The molecule has 3 fully saturated rings. The predicted molar refractivity (Wildman–Crippen MR) is 100 cm³/mol. The largest absolute Gasteiger partial charge is 0.376 e. The van der Waals surface area contributed by atoms with Crippen molar-refractivity contribution in [2.24, 2.45) is 5.92 Å². The Balaban J connectivity index is 1.32. The number of carbonyl (C=O) groups is 1. The van der Waals surface area contributed by atoms with E-state index in [1.165, 1.54) is 12.8 Å². The predicted octanol–water partition coefficient (Wildman–Crippen LogP) is 2.73. The molecule has 3 heterocycles. The number of hydrogen-bond donors (Lipinski definition) is 1. The molecule has 2 amide bonds. The smallest absolute Gasteiger partial charge is 0.317 e. The van der Waals surface area contributed by atoms with Gasteiger partial charge in [-0.2, -0.15) is 0 Å². The van der Waals surface area contributed by atoms with Crippen LogP contribution in [-0.4, -0.2) is 68.7 Å². The Hall–Kier alpha value is -1.11. The number of urea groups is 1. The molecule has 0 aromatic carbocycles. The molecule has 3 atom stereocenters. The zero-order chi connectivity index (χ0) is 18.4. The molecule has 3 saturated heterocycles. The van der Waals surface area contributed by atoms with Gasteiger partial charge in [0.25, 0.3) is 0 Å². The summed E-state index contributed by atoms with van der Waals surface area (Å²) in [4.78, 5) is 14.3. The quantitative estimate of drug-likeness (QED) is 0.735. The molecule has 0 radical (unpaired) electrons. The van der Waals surface area contributed by atoms with Crippen molar-refractivity contribution < 1.29 is 19.0 Å². The lowest BCUT2D eigenvalue weighted by molar-refractivity contribution is -0.0728. The van der Waals surface area contributed by atoms with Crippen molar-refractivity contribution in [2.45, 2.75) is 63.8 Å². The molecular formula is C20H34N2O4. The van der Waals surface area contributed by atoms with Crippen molar-refractivity contribution >= 4 is 6.03 Å². The van der Waals surface area contributed by atoms with Crippen LogP contribution in [0.15, 0.2) is 12.2 Å². The van der Waals surface area contributed by atoms with Gasteiger partial charge < -0.3 is 24.4 Å². The van der Waals surface area contributed by atoms with Gasteiger partial charge in [0, 0.05) is 38.8 Å². The van der Waals surface area contributed by atoms with Crippen molar-refractivity contribution in [1.29, 1.82) is 0 Å². The Labute approximate surface area is 157 Å². The Bertz CT molecular complexity index is 470. The van der Waals surface area contributed by atoms with Gasteiger partial charge in [0.05, 0.1) is 24.9 Å². The molecule has 0 bridgehead atoms. The highest BCUT2D eigenvalue weighted by molar-refractivity contribution is 5.74. The van der Waals surface area contributed by atoms with Gasteiger partial charge in [-0.1, -0.05) is 12.2 Å². The molecule has 26 heavy (non-hydrogen) atoms. The third-order valence-corrected chi connectivity index (χ3v) is 5.74. The van der Waals surface area contributed by atoms with Crippen molar-refractivity contribution in [2.75, 3.05) is 39.5 Å². The number of nitrogens with zero attached hydrogens (tertiary/aromatic N) is 1. The zero-order valence-corrected chi connectivity index (χ0v) is 16.1. The maximum absolute atomic E-state index is 12.4. The van der Waals surface area contributed by atoms with Crippen LogP contribution in [0.25, 0.3) is 0 Å². The minimum atomic E-state index is 0.0337. The molecule has 3 aliphatic heterocycles. The van der Waals surface area contributed by atoms with E-state index in [4.69, 9.17) is 14.2 Å². The lowest BCUT2D eigenvalue weighted by atomic mass is 9.97. The maximum Gasteiger partial charge on any atom is 0.317 e. The Kier molecular flexibility index (Phi) is 7.34. The highest BCUT2D eigenvalue weighted by atomic mass is 16.5. The highest BCUT2D eigenvalue weighted by Gasteiger charge is 2.30. The van der Waals surface area contributed by atoms with Gasteiger partial charge >= 0.3 is 6.03 Å². The SMILES string of the molecule is C=C(C)C1OCCC1CNC(=O)N1CCC(OCC2CCCCO2)CC1. The average Bonchev–Trinajstić information content (AvgIpc) is 3.15. The van der Waals surface area contributed by atoms with E-state index in [1.807, 2.05) is 11.8 Å². The van der Waals surface area contributed by atoms with Crippen LogP contribution in [0.3, 0.4) is 0 Å². The van der Waals surface area contributed by atoms with E-state index in [0.29, 0.717) is 19.1 Å². The minimum absolute atomic E-state index is 0.0337. The van der Waals surface area contributed by atoms with Crippen molar-refractivity contribution in [3.8, 4) is 0 Å². The lowest BCUT2D eigenvalue weighted by Gasteiger charge is -2.33. The second-order valence-corrected chi connectivity index (χ2v) is 7.88. The van der Waals surface area contributed by atoms with Crippen molar-refractivity contribution in [1.82, 2.24) is 10.2 Å². The molecule has 148 valence electrons.